The Morgan fingerprint density at radius 3 is 2.58 bits per heavy atom. The molecular formula is C20H29N5O. The predicted octanol–water partition coefficient (Wildman–Crippen LogP) is 4.12. The van der Waals surface area contributed by atoms with Crippen molar-refractivity contribution in [2.75, 3.05) is 0 Å². The molecule has 2 unspecified atom stereocenters. The van der Waals surface area contributed by atoms with Crippen LogP contribution in [0.2, 0.25) is 0 Å². The highest BCUT2D eigenvalue weighted by Crippen LogP contribution is 2.37. The molecule has 0 radical (unpaired) electrons. The Balaban J connectivity index is 1.64. The Morgan fingerprint density at radius 1 is 1.15 bits per heavy atom. The van der Waals surface area contributed by atoms with Crippen molar-refractivity contribution in [3.8, 4) is 6.07 Å². The van der Waals surface area contributed by atoms with Crippen molar-refractivity contribution in [1.29, 1.82) is 5.26 Å². The van der Waals surface area contributed by atoms with E-state index >= 15 is 0 Å². The van der Waals surface area contributed by atoms with Crippen molar-refractivity contribution in [2.24, 2.45) is 11.8 Å². The van der Waals surface area contributed by atoms with E-state index in [1.807, 2.05) is 11.6 Å². The molecule has 2 aromatic rings. The molecule has 1 saturated carbocycles. The second-order valence-corrected chi connectivity index (χ2v) is 7.94. The molecular weight excluding hydrogens is 326 g/mol. The summed E-state index contributed by atoms with van der Waals surface area (Å²) < 4.78 is 7.46. The highest BCUT2D eigenvalue weighted by Gasteiger charge is 2.28. The van der Waals surface area contributed by atoms with E-state index < -0.39 is 0 Å². The molecule has 6 nitrogen and oxygen atoms in total. The van der Waals surface area contributed by atoms with Gasteiger partial charge in [-0.25, -0.2) is 0 Å². The largest absolute Gasteiger partial charge is 0.339 e. The van der Waals surface area contributed by atoms with E-state index in [1.54, 1.807) is 0 Å². The summed E-state index contributed by atoms with van der Waals surface area (Å²) in [5.41, 5.74) is 3.38. The zero-order valence-electron chi connectivity index (χ0n) is 16.3. The summed E-state index contributed by atoms with van der Waals surface area (Å²) in [5, 5.41) is 17.6. The first-order valence-corrected chi connectivity index (χ1v) is 9.70. The molecule has 0 N–H and O–H groups in total. The van der Waals surface area contributed by atoms with Crippen LogP contribution < -0.4 is 0 Å². The maximum Gasteiger partial charge on any atom is 0.226 e. The molecule has 1 fully saturated rings. The summed E-state index contributed by atoms with van der Waals surface area (Å²) in [5.74, 6) is 3.50. The van der Waals surface area contributed by atoms with Gasteiger partial charge in [0.2, 0.25) is 5.89 Å². The molecule has 2 heterocycles. The lowest BCUT2D eigenvalue weighted by atomic mass is 9.76. The molecule has 1 aliphatic rings. The van der Waals surface area contributed by atoms with Crippen LogP contribution in [-0.4, -0.2) is 19.9 Å². The van der Waals surface area contributed by atoms with Gasteiger partial charge in [0, 0.05) is 18.0 Å². The van der Waals surface area contributed by atoms with Gasteiger partial charge >= 0.3 is 0 Å². The Hall–Kier alpha value is -2.16. The number of aryl methyl sites for hydroxylation is 3. The molecule has 2 atom stereocenters. The standard InChI is InChI=1S/C20H29N5O/c1-13-10-14(2)12-17(11-13)20-22-19(26-24-20)7-6-18-15(3)23-25(16(18)4)9-5-8-21/h13-14,17H,5-7,9-12H2,1-4H3. The average molecular weight is 355 g/mol. The van der Waals surface area contributed by atoms with Gasteiger partial charge in [-0.05, 0) is 56.9 Å². The number of nitriles is 1. The molecule has 26 heavy (non-hydrogen) atoms. The summed E-state index contributed by atoms with van der Waals surface area (Å²) in [6, 6.07) is 2.18. The van der Waals surface area contributed by atoms with Crippen LogP contribution >= 0.6 is 0 Å². The zero-order valence-corrected chi connectivity index (χ0v) is 16.3. The molecule has 0 spiro atoms. The Bertz CT molecular complexity index is 775. The minimum absolute atomic E-state index is 0.434. The first-order valence-electron chi connectivity index (χ1n) is 9.70. The number of aromatic nitrogens is 4. The maximum atomic E-state index is 8.77. The van der Waals surface area contributed by atoms with Gasteiger partial charge in [0.25, 0.3) is 0 Å². The average Bonchev–Trinajstić information content (AvgIpc) is 3.16. The van der Waals surface area contributed by atoms with Gasteiger partial charge in [0.15, 0.2) is 5.82 Å². The van der Waals surface area contributed by atoms with Crippen LogP contribution in [0.3, 0.4) is 0 Å². The van der Waals surface area contributed by atoms with Gasteiger partial charge in [-0.2, -0.15) is 15.3 Å². The SMILES string of the molecule is Cc1nn(CCC#N)c(C)c1CCc1nc(C2CC(C)CC(C)C2)no1. The van der Waals surface area contributed by atoms with Crippen LogP contribution in [-0.2, 0) is 19.4 Å². The normalized spacial score (nSPS) is 23.1. The fourth-order valence-corrected chi connectivity index (χ4v) is 4.39. The van der Waals surface area contributed by atoms with Crippen molar-refractivity contribution >= 4 is 0 Å². The van der Waals surface area contributed by atoms with E-state index in [-0.39, 0.29) is 0 Å². The highest BCUT2D eigenvalue weighted by atomic mass is 16.5. The lowest BCUT2D eigenvalue weighted by Crippen LogP contribution is -2.19. The van der Waals surface area contributed by atoms with Gasteiger partial charge in [-0.1, -0.05) is 19.0 Å². The van der Waals surface area contributed by atoms with Gasteiger partial charge in [0.1, 0.15) is 0 Å². The number of hydrogen-bond donors (Lipinski definition) is 0. The van der Waals surface area contributed by atoms with E-state index in [2.05, 4.69) is 42.1 Å². The number of rotatable bonds is 6. The molecule has 2 aromatic heterocycles. The summed E-state index contributed by atoms with van der Waals surface area (Å²) in [6.45, 7) is 9.37. The van der Waals surface area contributed by atoms with Crippen LogP contribution in [0.4, 0.5) is 0 Å². The summed E-state index contributed by atoms with van der Waals surface area (Å²) in [6.07, 6.45) is 5.67. The Labute approximate surface area is 155 Å². The third-order valence-corrected chi connectivity index (χ3v) is 5.58. The van der Waals surface area contributed by atoms with E-state index in [4.69, 9.17) is 9.78 Å². The van der Waals surface area contributed by atoms with Crippen LogP contribution in [0, 0.1) is 37.0 Å². The van der Waals surface area contributed by atoms with Crippen LogP contribution in [0.25, 0.3) is 0 Å². The maximum absolute atomic E-state index is 8.77. The monoisotopic (exact) mass is 355 g/mol. The first-order chi connectivity index (χ1) is 12.5. The van der Waals surface area contributed by atoms with Crippen molar-refractivity contribution in [3.63, 3.8) is 0 Å². The molecule has 6 heteroatoms. The van der Waals surface area contributed by atoms with Gasteiger partial charge in [-0.3, -0.25) is 4.68 Å². The van der Waals surface area contributed by atoms with Gasteiger partial charge in [0.05, 0.1) is 24.7 Å². The van der Waals surface area contributed by atoms with Crippen LogP contribution in [0.15, 0.2) is 4.52 Å². The lowest BCUT2D eigenvalue weighted by molar-refractivity contribution is 0.257. The van der Waals surface area contributed by atoms with Crippen molar-refractivity contribution in [3.05, 3.63) is 28.7 Å². The van der Waals surface area contributed by atoms with Gasteiger partial charge < -0.3 is 4.52 Å². The van der Waals surface area contributed by atoms with E-state index in [0.29, 0.717) is 18.9 Å². The zero-order chi connectivity index (χ0) is 18.7. The summed E-state index contributed by atoms with van der Waals surface area (Å²) in [7, 11) is 0. The van der Waals surface area contributed by atoms with Crippen molar-refractivity contribution in [1.82, 2.24) is 19.9 Å². The molecule has 1 aliphatic carbocycles. The fourth-order valence-electron chi connectivity index (χ4n) is 4.39. The van der Waals surface area contributed by atoms with Crippen molar-refractivity contribution in [2.45, 2.75) is 78.7 Å². The Kier molecular flexibility index (Phi) is 5.75. The highest BCUT2D eigenvalue weighted by molar-refractivity contribution is 5.25. The van der Waals surface area contributed by atoms with Crippen LogP contribution in [0.5, 0.6) is 0 Å². The lowest BCUT2D eigenvalue weighted by Gasteiger charge is -2.29. The molecule has 0 aromatic carbocycles. The number of hydrogen-bond acceptors (Lipinski definition) is 5. The van der Waals surface area contributed by atoms with Gasteiger partial charge in [-0.15, -0.1) is 0 Å². The first kappa shape index (κ1) is 18.6. The topological polar surface area (TPSA) is 80.5 Å². The van der Waals surface area contributed by atoms with E-state index in [0.717, 1.165) is 60.6 Å². The molecule has 140 valence electrons. The van der Waals surface area contributed by atoms with Crippen LogP contribution in [0.1, 0.15) is 74.1 Å². The molecule has 0 bridgehead atoms. The number of nitrogens with zero attached hydrogens (tertiary/aromatic N) is 5. The van der Waals surface area contributed by atoms with E-state index in [9.17, 15) is 0 Å². The third kappa shape index (κ3) is 4.14. The molecule has 0 saturated heterocycles. The fraction of sp³-hybridized carbons (Fsp3) is 0.700. The second-order valence-electron chi connectivity index (χ2n) is 7.94. The molecule has 3 rings (SSSR count). The third-order valence-electron chi connectivity index (χ3n) is 5.58. The summed E-state index contributed by atoms with van der Waals surface area (Å²) >= 11 is 0. The minimum atomic E-state index is 0.434. The predicted molar refractivity (Wildman–Crippen MR) is 98.6 cm³/mol. The minimum Gasteiger partial charge on any atom is -0.339 e. The molecule has 0 aliphatic heterocycles. The van der Waals surface area contributed by atoms with Crippen molar-refractivity contribution < 1.29 is 4.52 Å². The second kappa shape index (κ2) is 8.03. The smallest absolute Gasteiger partial charge is 0.226 e. The Morgan fingerprint density at radius 2 is 1.88 bits per heavy atom. The quantitative estimate of drug-likeness (QED) is 0.778. The van der Waals surface area contributed by atoms with E-state index in [1.165, 1.54) is 12.0 Å². The molecule has 0 amide bonds. The summed E-state index contributed by atoms with van der Waals surface area (Å²) in [4.78, 5) is 4.69.